The maximum atomic E-state index is 4.41. The van der Waals surface area contributed by atoms with Gasteiger partial charge in [0, 0.05) is 6.21 Å². The predicted octanol–water partition coefficient (Wildman–Crippen LogP) is 3.54. The Morgan fingerprint density at radius 2 is 2.06 bits per heavy atom. The summed E-state index contributed by atoms with van der Waals surface area (Å²) >= 11 is 0. The van der Waals surface area contributed by atoms with Crippen LogP contribution >= 0.6 is 0 Å². The van der Waals surface area contributed by atoms with Gasteiger partial charge in [0.05, 0.1) is 11.0 Å². The molecule has 0 unspecified atom stereocenters. The van der Waals surface area contributed by atoms with E-state index in [1.807, 2.05) is 30.5 Å². The molecule has 2 aromatic rings. The number of hydrogen-bond donors (Lipinski definition) is 2. The average Bonchev–Trinajstić information content (AvgIpc) is 2.82. The molecular formula is C14H18N4. The van der Waals surface area contributed by atoms with Gasteiger partial charge in [-0.1, -0.05) is 31.4 Å². The van der Waals surface area contributed by atoms with Crippen molar-refractivity contribution in [2.24, 2.45) is 11.0 Å². The van der Waals surface area contributed by atoms with Crippen molar-refractivity contribution < 1.29 is 0 Å². The van der Waals surface area contributed by atoms with Gasteiger partial charge in [0.15, 0.2) is 0 Å². The van der Waals surface area contributed by atoms with Gasteiger partial charge >= 0.3 is 0 Å². The number of nitrogens with zero attached hydrogens (tertiary/aromatic N) is 2. The average molecular weight is 242 g/mol. The molecule has 18 heavy (non-hydrogen) atoms. The smallest absolute Gasteiger partial charge is 0.222 e. The maximum absolute atomic E-state index is 4.41. The molecule has 4 heteroatoms. The molecule has 1 fully saturated rings. The van der Waals surface area contributed by atoms with Crippen molar-refractivity contribution in [1.29, 1.82) is 0 Å². The van der Waals surface area contributed by atoms with Gasteiger partial charge in [-0.05, 0) is 30.9 Å². The van der Waals surface area contributed by atoms with Crippen LogP contribution in [0.25, 0.3) is 11.0 Å². The van der Waals surface area contributed by atoms with Crippen LogP contribution in [0.4, 0.5) is 5.95 Å². The van der Waals surface area contributed by atoms with Crippen molar-refractivity contribution in [2.75, 3.05) is 5.43 Å². The first-order chi connectivity index (χ1) is 8.92. The van der Waals surface area contributed by atoms with E-state index >= 15 is 0 Å². The third-order valence-corrected chi connectivity index (χ3v) is 3.50. The van der Waals surface area contributed by atoms with E-state index in [2.05, 4.69) is 20.5 Å². The van der Waals surface area contributed by atoms with Gasteiger partial charge in [-0.25, -0.2) is 10.4 Å². The van der Waals surface area contributed by atoms with Gasteiger partial charge in [0.25, 0.3) is 0 Å². The van der Waals surface area contributed by atoms with E-state index in [9.17, 15) is 0 Å². The van der Waals surface area contributed by atoms with E-state index in [0.717, 1.165) is 11.0 Å². The first-order valence-electron chi connectivity index (χ1n) is 6.66. The van der Waals surface area contributed by atoms with E-state index < -0.39 is 0 Å². The van der Waals surface area contributed by atoms with Crippen LogP contribution in [0.2, 0.25) is 0 Å². The lowest BCUT2D eigenvalue weighted by Crippen LogP contribution is -2.08. The highest BCUT2D eigenvalue weighted by Crippen LogP contribution is 2.22. The molecule has 0 spiro atoms. The minimum absolute atomic E-state index is 0.635. The zero-order valence-electron chi connectivity index (χ0n) is 10.4. The Hall–Kier alpha value is -1.84. The van der Waals surface area contributed by atoms with E-state index in [-0.39, 0.29) is 0 Å². The largest absolute Gasteiger partial charge is 0.323 e. The van der Waals surface area contributed by atoms with Crippen molar-refractivity contribution in [1.82, 2.24) is 9.97 Å². The Balaban J connectivity index is 1.63. The number of hydrogen-bond acceptors (Lipinski definition) is 3. The SMILES string of the molecule is C(=N/Nc1nc2ccccc2[nH]1)/C1CCCCC1. The molecular weight excluding hydrogens is 224 g/mol. The number of fused-ring (bicyclic) bond motifs is 1. The lowest BCUT2D eigenvalue weighted by molar-refractivity contribution is 0.445. The molecule has 0 atom stereocenters. The van der Waals surface area contributed by atoms with Crippen LogP contribution in [0, 0.1) is 5.92 Å². The summed E-state index contributed by atoms with van der Waals surface area (Å²) in [5.74, 6) is 1.35. The number of aromatic amines is 1. The number of rotatable bonds is 3. The number of H-pyrrole nitrogens is 1. The van der Waals surface area contributed by atoms with Gasteiger partial charge in [-0.3, -0.25) is 0 Å². The first-order valence-corrected chi connectivity index (χ1v) is 6.66. The number of aromatic nitrogens is 2. The fourth-order valence-electron chi connectivity index (χ4n) is 2.49. The molecule has 0 bridgehead atoms. The van der Waals surface area contributed by atoms with Gasteiger partial charge in [0.2, 0.25) is 5.95 Å². The Morgan fingerprint density at radius 3 is 2.89 bits per heavy atom. The number of para-hydroxylation sites is 2. The highest BCUT2D eigenvalue weighted by Gasteiger charge is 2.10. The second kappa shape index (κ2) is 5.21. The number of anilines is 1. The van der Waals surface area contributed by atoms with Crippen LogP contribution in [0.5, 0.6) is 0 Å². The van der Waals surface area contributed by atoms with Gasteiger partial charge < -0.3 is 4.98 Å². The summed E-state index contributed by atoms with van der Waals surface area (Å²) in [6.45, 7) is 0. The summed E-state index contributed by atoms with van der Waals surface area (Å²) in [5, 5.41) is 4.29. The van der Waals surface area contributed by atoms with E-state index in [0.29, 0.717) is 11.9 Å². The van der Waals surface area contributed by atoms with E-state index in [1.54, 1.807) is 0 Å². The third-order valence-electron chi connectivity index (χ3n) is 3.50. The molecule has 4 nitrogen and oxygen atoms in total. The van der Waals surface area contributed by atoms with Gasteiger partial charge in [-0.2, -0.15) is 5.10 Å². The summed E-state index contributed by atoms with van der Waals surface area (Å²) < 4.78 is 0. The Morgan fingerprint density at radius 1 is 1.22 bits per heavy atom. The van der Waals surface area contributed by atoms with Crippen LogP contribution in [0.15, 0.2) is 29.4 Å². The fourth-order valence-corrected chi connectivity index (χ4v) is 2.49. The van der Waals surface area contributed by atoms with Crippen LogP contribution < -0.4 is 5.43 Å². The van der Waals surface area contributed by atoms with Gasteiger partial charge in [0.1, 0.15) is 0 Å². The molecule has 0 aliphatic heterocycles. The topological polar surface area (TPSA) is 53.1 Å². The Bertz CT molecular complexity index is 504. The minimum Gasteiger partial charge on any atom is -0.323 e. The quantitative estimate of drug-likeness (QED) is 0.639. The van der Waals surface area contributed by atoms with Crippen molar-refractivity contribution in [3.8, 4) is 0 Å². The van der Waals surface area contributed by atoms with Gasteiger partial charge in [-0.15, -0.1) is 0 Å². The zero-order chi connectivity index (χ0) is 12.2. The molecule has 3 rings (SSSR count). The molecule has 94 valence electrons. The van der Waals surface area contributed by atoms with Crippen molar-refractivity contribution in [3.05, 3.63) is 24.3 Å². The minimum atomic E-state index is 0.635. The zero-order valence-corrected chi connectivity index (χ0v) is 10.4. The van der Waals surface area contributed by atoms with Crippen molar-refractivity contribution in [3.63, 3.8) is 0 Å². The summed E-state index contributed by atoms with van der Waals surface area (Å²) in [6.07, 6.45) is 8.62. The number of nitrogens with one attached hydrogen (secondary N) is 2. The molecule has 1 aromatic carbocycles. The van der Waals surface area contributed by atoms with Crippen molar-refractivity contribution in [2.45, 2.75) is 32.1 Å². The predicted molar refractivity (Wildman–Crippen MR) is 74.8 cm³/mol. The normalized spacial score (nSPS) is 17.6. The number of imidazole rings is 1. The van der Waals surface area contributed by atoms with E-state index in [1.165, 1.54) is 32.1 Å². The molecule has 1 saturated carbocycles. The molecule has 0 saturated heterocycles. The highest BCUT2D eigenvalue weighted by molar-refractivity contribution is 5.77. The van der Waals surface area contributed by atoms with Crippen LogP contribution in [-0.2, 0) is 0 Å². The molecule has 1 aliphatic carbocycles. The maximum Gasteiger partial charge on any atom is 0.222 e. The van der Waals surface area contributed by atoms with E-state index in [4.69, 9.17) is 0 Å². The van der Waals surface area contributed by atoms with Crippen molar-refractivity contribution >= 4 is 23.2 Å². The molecule has 0 radical (unpaired) electrons. The lowest BCUT2D eigenvalue weighted by Gasteiger charge is -2.16. The Kier molecular flexibility index (Phi) is 3.26. The number of benzene rings is 1. The summed E-state index contributed by atoms with van der Waals surface area (Å²) in [7, 11) is 0. The summed E-state index contributed by atoms with van der Waals surface area (Å²) in [6, 6.07) is 7.98. The molecule has 1 heterocycles. The first kappa shape index (κ1) is 11.3. The van der Waals surface area contributed by atoms with Crippen LogP contribution in [-0.4, -0.2) is 16.2 Å². The van der Waals surface area contributed by atoms with Crippen LogP contribution in [0.3, 0.4) is 0 Å². The standard InChI is InChI=1S/C14H18N4/c1-2-6-11(7-3-1)10-15-18-14-16-12-8-4-5-9-13(12)17-14/h4-5,8-11H,1-3,6-7H2,(H2,16,17,18)/b15-10-. The molecule has 1 aliphatic rings. The molecule has 2 N–H and O–H groups in total. The highest BCUT2D eigenvalue weighted by atomic mass is 15.3. The fraction of sp³-hybridized carbons (Fsp3) is 0.429. The lowest BCUT2D eigenvalue weighted by atomic mass is 9.90. The molecule has 0 amide bonds. The molecule has 1 aromatic heterocycles. The summed E-state index contributed by atoms with van der Waals surface area (Å²) in [5.41, 5.74) is 4.98. The second-order valence-corrected chi connectivity index (χ2v) is 4.89. The third kappa shape index (κ3) is 2.53. The Labute approximate surface area is 107 Å². The monoisotopic (exact) mass is 242 g/mol. The second-order valence-electron chi connectivity index (χ2n) is 4.89. The van der Waals surface area contributed by atoms with Crippen LogP contribution in [0.1, 0.15) is 32.1 Å². The number of hydrazone groups is 1. The summed E-state index contributed by atoms with van der Waals surface area (Å²) in [4.78, 5) is 7.61.